The average molecular weight is 281 g/mol. The van der Waals surface area contributed by atoms with E-state index in [1.54, 1.807) is 6.92 Å². The van der Waals surface area contributed by atoms with Gasteiger partial charge in [-0.3, -0.25) is 9.59 Å². The molecule has 1 unspecified atom stereocenters. The van der Waals surface area contributed by atoms with Gasteiger partial charge in [-0.25, -0.2) is 0 Å². The molecule has 0 aliphatic rings. The Morgan fingerprint density at radius 2 is 2.05 bits per heavy atom. The first kappa shape index (κ1) is 15.8. The van der Waals surface area contributed by atoms with Crippen LogP contribution in [-0.2, 0) is 4.79 Å². The number of hydrogen-bond donors (Lipinski definition) is 2. The van der Waals surface area contributed by atoms with Crippen LogP contribution in [0.3, 0.4) is 0 Å². The van der Waals surface area contributed by atoms with Crippen molar-refractivity contribution in [3.8, 4) is 11.5 Å². The highest BCUT2D eigenvalue weighted by Crippen LogP contribution is 2.25. The predicted octanol–water partition coefficient (Wildman–Crippen LogP) is 1.73. The van der Waals surface area contributed by atoms with Crippen LogP contribution in [0.2, 0.25) is 0 Å². The molecule has 110 valence electrons. The fourth-order valence-electron chi connectivity index (χ4n) is 1.76. The van der Waals surface area contributed by atoms with Gasteiger partial charge in [0.15, 0.2) is 0 Å². The summed E-state index contributed by atoms with van der Waals surface area (Å²) in [6, 6.07) is 4.03. The molecule has 2 N–H and O–H groups in total. The van der Waals surface area contributed by atoms with Crippen LogP contribution < -0.4 is 4.74 Å². The van der Waals surface area contributed by atoms with Crippen LogP contribution in [0, 0.1) is 0 Å². The molecule has 6 nitrogen and oxygen atoms in total. The van der Waals surface area contributed by atoms with Crippen LogP contribution in [0.15, 0.2) is 18.2 Å². The molecule has 20 heavy (non-hydrogen) atoms. The quantitative estimate of drug-likeness (QED) is 0.829. The Bertz CT molecular complexity index is 500. The molecule has 0 aliphatic carbocycles. The summed E-state index contributed by atoms with van der Waals surface area (Å²) in [7, 11) is 1.45. The van der Waals surface area contributed by atoms with Crippen molar-refractivity contribution in [1.82, 2.24) is 4.90 Å². The number of carboxylic acids is 1. The van der Waals surface area contributed by atoms with Crippen molar-refractivity contribution < 1.29 is 24.5 Å². The number of aromatic hydroxyl groups is 1. The second kappa shape index (κ2) is 6.79. The van der Waals surface area contributed by atoms with E-state index in [1.165, 1.54) is 30.2 Å². The van der Waals surface area contributed by atoms with Crippen molar-refractivity contribution in [2.24, 2.45) is 0 Å². The minimum atomic E-state index is -1.10. The molecule has 1 aromatic carbocycles. The number of phenols is 1. The molecule has 0 aliphatic heterocycles. The molecular weight excluding hydrogens is 262 g/mol. The number of carboxylic acid groups (broad SMARTS) is 1. The summed E-state index contributed by atoms with van der Waals surface area (Å²) >= 11 is 0. The van der Waals surface area contributed by atoms with Crippen molar-refractivity contribution in [3.63, 3.8) is 0 Å². The van der Waals surface area contributed by atoms with Crippen molar-refractivity contribution in [2.75, 3.05) is 13.7 Å². The van der Waals surface area contributed by atoms with E-state index in [-0.39, 0.29) is 17.4 Å². The van der Waals surface area contributed by atoms with Crippen molar-refractivity contribution in [1.29, 1.82) is 0 Å². The molecule has 6 heteroatoms. The monoisotopic (exact) mass is 281 g/mol. The zero-order valence-corrected chi connectivity index (χ0v) is 11.8. The topological polar surface area (TPSA) is 87.1 Å². The van der Waals surface area contributed by atoms with Gasteiger partial charge < -0.3 is 19.8 Å². The number of aliphatic carboxylic acids is 1. The molecule has 1 atom stereocenters. The highest BCUT2D eigenvalue weighted by Gasteiger charge is 2.25. The zero-order chi connectivity index (χ0) is 15.3. The van der Waals surface area contributed by atoms with E-state index in [4.69, 9.17) is 9.84 Å². The number of nitrogens with zero attached hydrogens (tertiary/aromatic N) is 1. The number of hydrogen-bond acceptors (Lipinski definition) is 4. The van der Waals surface area contributed by atoms with Crippen molar-refractivity contribution >= 4 is 11.9 Å². The normalized spacial score (nSPS) is 11.8. The van der Waals surface area contributed by atoms with Gasteiger partial charge in [-0.2, -0.15) is 0 Å². The maximum absolute atomic E-state index is 12.4. The molecule has 0 aromatic heterocycles. The third-order valence-corrected chi connectivity index (χ3v) is 3.12. The molecule has 0 saturated carbocycles. The van der Waals surface area contributed by atoms with Gasteiger partial charge in [0.05, 0.1) is 12.7 Å². The number of phenolic OH excluding ortho intramolecular Hbond substituents is 1. The lowest BCUT2D eigenvalue weighted by Crippen LogP contribution is -2.41. The van der Waals surface area contributed by atoms with Gasteiger partial charge in [0.2, 0.25) is 0 Å². The van der Waals surface area contributed by atoms with Gasteiger partial charge in [0, 0.05) is 6.04 Å². The summed E-state index contributed by atoms with van der Waals surface area (Å²) in [6.45, 7) is 3.21. The molecule has 0 spiro atoms. The number of methoxy groups -OCH3 is 1. The first-order chi connectivity index (χ1) is 9.40. The molecule has 0 bridgehead atoms. The van der Waals surface area contributed by atoms with Crippen molar-refractivity contribution in [3.05, 3.63) is 23.8 Å². The number of amides is 1. The van der Waals surface area contributed by atoms with E-state index >= 15 is 0 Å². The second-order valence-electron chi connectivity index (χ2n) is 4.47. The molecule has 0 radical (unpaired) electrons. The number of ether oxygens (including phenoxy) is 1. The SMILES string of the molecule is CCC(C)N(CC(=O)O)C(=O)c1cc(OC)ccc1O. The summed E-state index contributed by atoms with van der Waals surface area (Å²) < 4.78 is 5.01. The Labute approximate surface area is 117 Å². The van der Waals surface area contributed by atoms with E-state index in [2.05, 4.69) is 0 Å². The maximum Gasteiger partial charge on any atom is 0.323 e. The number of carbonyl (C=O) groups is 2. The molecule has 1 rings (SSSR count). The van der Waals surface area contributed by atoms with Crippen molar-refractivity contribution in [2.45, 2.75) is 26.3 Å². The number of carbonyl (C=O) groups excluding carboxylic acids is 1. The van der Waals surface area contributed by atoms with Gasteiger partial charge in [0.25, 0.3) is 5.91 Å². The van der Waals surface area contributed by atoms with Gasteiger partial charge in [0.1, 0.15) is 18.0 Å². The van der Waals surface area contributed by atoms with Crippen LogP contribution in [0.5, 0.6) is 11.5 Å². The van der Waals surface area contributed by atoms with Crippen LogP contribution in [-0.4, -0.2) is 46.7 Å². The Morgan fingerprint density at radius 3 is 2.55 bits per heavy atom. The fourth-order valence-corrected chi connectivity index (χ4v) is 1.76. The maximum atomic E-state index is 12.4. The van der Waals surface area contributed by atoms with Crippen LogP contribution in [0.4, 0.5) is 0 Å². The van der Waals surface area contributed by atoms with Gasteiger partial charge in [-0.1, -0.05) is 6.92 Å². The molecule has 0 heterocycles. The smallest absolute Gasteiger partial charge is 0.323 e. The van der Waals surface area contributed by atoms with E-state index in [9.17, 15) is 14.7 Å². The Hall–Kier alpha value is -2.24. The second-order valence-corrected chi connectivity index (χ2v) is 4.47. The highest BCUT2D eigenvalue weighted by molar-refractivity contribution is 5.98. The lowest BCUT2D eigenvalue weighted by molar-refractivity contribution is -0.138. The Balaban J connectivity index is 3.14. The average Bonchev–Trinajstić information content (AvgIpc) is 2.43. The van der Waals surface area contributed by atoms with Gasteiger partial charge >= 0.3 is 5.97 Å². The summed E-state index contributed by atoms with van der Waals surface area (Å²) in [6.07, 6.45) is 0.615. The Morgan fingerprint density at radius 1 is 1.40 bits per heavy atom. The van der Waals surface area contributed by atoms with Crippen LogP contribution in [0.25, 0.3) is 0 Å². The standard InChI is InChI=1S/C14H19NO5/c1-4-9(2)15(8-13(17)18)14(19)11-7-10(20-3)5-6-12(11)16/h5-7,9,16H,4,8H2,1-3H3,(H,17,18). The third-order valence-electron chi connectivity index (χ3n) is 3.12. The minimum absolute atomic E-state index is 0.0332. The minimum Gasteiger partial charge on any atom is -0.507 e. The first-order valence-electron chi connectivity index (χ1n) is 6.30. The van der Waals surface area contributed by atoms with Crippen LogP contribution in [0.1, 0.15) is 30.6 Å². The highest BCUT2D eigenvalue weighted by atomic mass is 16.5. The lowest BCUT2D eigenvalue weighted by Gasteiger charge is -2.27. The number of rotatable bonds is 6. The molecule has 0 fully saturated rings. The molecule has 0 saturated heterocycles. The predicted molar refractivity (Wildman–Crippen MR) is 73.1 cm³/mol. The summed E-state index contributed by atoms with van der Waals surface area (Å²) in [5.74, 6) is -1.40. The summed E-state index contributed by atoms with van der Waals surface area (Å²) in [5, 5.41) is 18.7. The Kier molecular flexibility index (Phi) is 5.37. The van der Waals surface area contributed by atoms with E-state index < -0.39 is 18.4 Å². The lowest BCUT2D eigenvalue weighted by atomic mass is 10.1. The number of benzene rings is 1. The fraction of sp³-hybridized carbons (Fsp3) is 0.429. The van der Waals surface area contributed by atoms with Gasteiger partial charge in [-0.15, -0.1) is 0 Å². The summed E-state index contributed by atoms with van der Waals surface area (Å²) in [5.41, 5.74) is 0.0332. The van der Waals surface area contributed by atoms with E-state index in [0.29, 0.717) is 12.2 Å². The molecule has 1 aromatic rings. The van der Waals surface area contributed by atoms with E-state index in [1.807, 2.05) is 6.92 Å². The van der Waals surface area contributed by atoms with Crippen LogP contribution >= 0.6 is 0 Å². The summed E-state index contributed by atoms with van der Waals surface area (Å²) in [4.78, 5) is 24.5. The zero-order valence-electron chi connectivity index (χ0n) is 11.8. The largest absolute Gasteiger partial charge is 0.507 e. The molecular formula is C14H19NO5. The van der Waals surface area contributed by atoms with E-state index in [0.717, 1.165) is 0 Å². The molecule has 1 amide bonds. The first-order valence-corrected chi connectivity index (χ1v) is 6.30. The third kappa shape index (κ3) is 3.63. The van der Waals surface area contributed by atoms with Gasteiger partial charge in [-0.05, 0) is 31.5 Å².